The molecule has 56 valence electrons. The van der Waals surface area contributed by atoms with Crippen molar-refractivity contribution in [2.75, 3.05) is 0 Å². The molecule has 0 spiro atoms. The molecule has 0 aromatic heterocycles. The van der Waals surface area contributed by atoms with Gasteiger partial charge in [0.2, 0.25) is 0 Å². The second-order valence-corrected chi connectivity index (χ2v) is 1.52. The van der Waals surface area contributed by atoms with Gasteiger partial charge >= 0.3 is 0 Å². The molecule has 0 atom stereocenters. The van der Waals surface area contributed by atoms with E-state index in [9.17, 15) is 0 Å². The van der Waals surface area contributed by atoms with Gasteiger partial charge in [-0.3, -0.25) is 10.5 Å². The predicted molar refractivity (Wildman–Crippen MR) is 35.0 cm³/mol. The maximum atomic E-state index is 8.65. The molecule has 0 amide bonds. The fraction of sp³-hybridized carbons (Fsp3) is 0. The van der Waals surface area contributed by atoms with Gasteiger partial charge in [0.15, 0.2) is 0 Å². The zero-order chi connectivity index (χ0) is 7.98. The monoisotopic (exact) mass is 144 g/mol. The summed E-state index contributed by atoms with van der Waals surface area (Å²) in [6, 6.07) is 5.70. The summed E-state index contributed by atoms with van der Waals surface area (Å²) in [5.41, 5.74) is 0. The van der Waals surface area contributed by atoms with Crippen LogP contribution in [0.4, 0.5) is 0 Å². The summed E-state index contributed by atoms with van der Waals surface area (Å²) < 4.78 is 0. The van der Waals surface area contributed by atoms with Gasteiger partial charge < -0.3 is 10.2 Å². The molecule has 0 saturated heterocycles. The Kier molecular flexibility index (Phi) is 4.02. The van der Waals surface area contributed by atoms with Crippen molar-refractivity contribution in [3.8, 4) is 11.5 Å². The van der Waals surface area contributed by atoms with E-state index < -0.39 is 0 Å². The Balaban J connectivity index is 0.000000371. The molecule has 4 N–H and O–H groups in total. The van der Waals surface area contributed by atoms with E-state index in [4.69, 9.17) is 20.7 Å². The van der Waals surface area contributed by atoms with Gasteiger partial charge in [-0.25, -0.2) is 0 Å². The third kappa shape index (κ3) is 2.91. The molecular weight excluding hydrogens is 136 g/mol. The van der Waals surface area contributed by atoms with Crippen molar-refractivity contribution in [2.24, 2.45) is 0 Å². The van der Waals surface area contributed by atoms with E-state index in [0.29, 0.717) is 0 Å². The first-order valence-electron chi connectivity index (χ1n) is 2.47. The van der Waals surface area contributed by atoms with Crippen molar-refractivity contribution >= 4 is 0 Å². The first-order valence-corrected chi connectivity index (χ1v) is 2.47. The highest BCUT2D eigenvalue weighted by atomic mass is 17.0. The molecule has 10 heavy (non-hydrogen) atoms. The molecule has 0 saturated carbocycles. The van der Waals surface area contributed by atoms with E-state index in [0.717, 1.165) is 0 Å². The molecule has 0 fully saturated rings. The van der Waals surface area contributed by atoms with Crippen LogP contribution in [0.3, 0.4) is 0 Å². The van der Waals surface area contributed by atoms with Gasteiger partial charge in [0.25, 0.3) is 0 Å². The van der Waals surface area contributed by atoms with Gasteiger partial charge in [-0.2, -0.15) is 0 Å². The maximum Gasteiger partial charge on any atom is 0.115 e. The second kappa shape index (κ2) is 4.60. The first-order chi connectivity index (χ1) is 4.79. The van der Waals surface area contributed by atoms with E-state index in [1.54, 1.807) is 0 Å². The number of benzene rings is 1. The van der Waals surface area contributed by atoms with E-state index in [2.05, 4.69) is 0 Å². The lowest BCUT2D eigenvalue weighted by molar-refractivity contribution is -0.176. The zero-order valence-corrected chi connectivity index (χ0v) is 5.10. The quantitative estimate of drug-likeness (QED) is 0.250. The fourth-order valence-electron chi connectivity index (χ4n) is 0.453. The molecule has 4 heteroatoms. The molecule has 1 aromatic rings. The van der Waals surface area contributed by atoms with Crippen molar-refractivity contribution in [1.29, 1.82) is 0 Å². The molecule has 0 heterocycles. The van der Waals surface area contributed by atoms with Crippen LogP contribution in [-0.2, 0) is 0 Å². The molecule has 0 aliphatic carbocycles. The van der Waals surface area contributed by atoms with Gasteiger partial charge in [-0.15, -0.1) is 0 Å². The van der Waals surface area contributed by atoms with Gasteiger partial charge in [0, 0.05) is 0 Å². The normalized spacial score (nSPS) is 7.80. The van der Waals surface area contributed by atoms with Crippen molar-refractivity contribution < 1.29 is 20.7 Å². The van der Waals surface area contributed by atoms with Crippen LogP contribution >= 0.6 is 0 Å². The third-order valence-corrected chi connectivity index (χ3v) is 0.850. The summed E-state index contributed by atoms with van der Waals surface area (Å²) in [6.07, 6.45) is 0. The van der Waals surface area contributed by atoms with E-state index in [1.807, 2.05) is 0 Å². The summed E-state index contributed by atoms with van der Waals surface area (Å²) in [5.74, 6) is 0.339. The number of hydrogen-bond acceptors (Lipinski definition) is 4. The number of phenols is 2. The molecule has 1 aromatic carbocycles. The lowest BCUT2D eigenvalue weighted by Gasteiger charge is -1.88. The van der Waals surface area contributed by atoms with Crippen LogP contribution in [0.15, 0.2) is 24.3 Å². The van der Waals surface area contributed by atoms with E-state index >= 15 is 0 Å². The molecule has 0 bridgehead atoms. The molecule has 0 aliphatic rings. The Morgan fingerprint density at radius 3 is 1.10 bits per heavy atom. The summed E-state index contributed by atoms with van der Waals surface area (Å²) in [4.78, 5) is 0. The highest BCUT2D eigenvalue weighted by Gasteiger charge is 1.84. The Morgan fingerprint density at radius 2 is 0.900 bits per heavy atom. The Hall–Kier alpha value is -1.26. The van der Waals surface area contributed by atoms with Crippen LogP contribution in [0.5, 0.6) is 11.5 Å². The molecule has 1 rings (SSSR count). The van der Waals surface area contributed by atoms with Crippen LogP contribution in [0.25, 0.3) is 0 Å². The highest BCUT2D eigenvalue weighted by Crippen LogP contribution is 2.13. The highest BCUT2D eigenvalue weighted by molar-refractivity contribution is 5.28. The lowest BCUT2D eigenvalue weighted by atomic mass is 10.3. The number of rotatable bonds is 0. The van der Waals surface area contributed by atoms with Crippen molar-refractivity contribution in [3.63, 3.8) is 0 Å². The molecule has 0 unspecified atom stereocenters. The summed E-state index contributed by atoms with van der Waals surface area (Å²) in [6.45, 7) is 0. The van der Waals surface area contributed by atoms with Crippen LogP contribution in [0, 0.1) is 0 Å². The minimum absolute atomic E-state index is 0.169. The Morgan fingerprint density at radius 1 is 0.700 bits per heavy atom. The van der Waals surface area contributed by atoms with E-state index in [1.165, 1.54) is 24.3 Å². The summed E-state index contributed by atoms with van der Waals surface area (Å²) in [5, 5.41) is 29.3. The maximum absolute atomic E-state index is 8.65. The molecule has 4 nitrogen and oxygen atoms in total. The smallest absolute Gasteiger partial charge is 0.115 e. The number of aromatic hydroxyl groups is 2. The van der Waals surface area contributed by atoms with Crippen LogP contribution in [0.1, 0.15) is 0 Å². The lowest BCUT2D eigenvalue weighted by Crippen LogP contribution is -1.61. The Bertz CT molecular complexity index is 149. The van der Waals surface area contributed by atoms with Gasteiger partial charge in [0.05, 0.1) is 0 Å². The summed E-state index contributed by atoms with van der Waals surface area (Å²) in [7, 11) is 0. The predicted octanol–water partition coefficient (Wildman–Crippen LogP) is 1.12. The number of phenolic OH excluding ortho intramolecular Hbond substituents is 2. The van der Waals surface area contributed by atoms with Crippen LogP contribution in [0.2, 0.25) is 0 Å². The summed E-state index contributed by atoms with van der Waals surface area (Å²) >= 11 is 0. The molecular formula is C6H8O4. The van der Waals surface area contributed by atoms with Crippen molar-refractivity contribution in [2.45, 2.75) is 0 Å². The van der Waals surface area contributed by atoms with Gasteiger partial charge in [-0.05, 0) is 24.3 Å². The number of hydrogen-bond donors (Lipinski definition) is 4. The zero-order valence-electron chi connectivity index (χ0n) is 5.10. The first kappa shape index (κ1) is 8.74. The Labute approximate surface area is 57.5 Å². The van der Waals surface area contributed by atoms with Crippen LogP contribution < -0.4 is 0 Å². The minimum atomic E-state index is 0.169. The SMILES string of the molecule is OO.Oc1ccc(O)cc1. The standard InChI is InChI=1S/C6H6O2.H2O2/c7-5-1-2-6(8)4-3-5;1-2/h1-4,7-8H;1-2H. The van der Waals surface area contributed by atoms with Crippen molar-refractivity contribution in [3.05, 3.63) is 24.3 Å². The van der Waals surface area contributed by atoms with Crippen molar-refractivity contribution in [1.82, 2.24) is 0 Å². The minimum Gasteiger partial charge on any atom is -0.508 e. The molecule has 0 radical (unpaired) electrons. The van der Waals surface area contributed by atoms with Crippen LogP contribution in [-0.4, -0.2) is 20.7 Å². The van der Waals surface area contributed by atoms with E-state index in [-0.39, 0.29) is 11.5 Å². The topological polar surface area (TPSA) is 80.9 Å². The van der Waals surface area contributed by atoms with Gasteiger partial charge in [0.1, 0.15) is 11.5 Å². The fourth-order valence-corrected chi connectivity index (χ4v) is 0.453. The second-order valence-electron chi connectivity index (χ2n) is 1.52. The largest absolute Gasteiger partial charge is 0.508 e. The third-order valence-electron chi connectivity index (χ3n) is 0.850. The van der Waals surface area contributed by atoms with Gasteiger partial charge in [-0.1, -0.05) is 0 Å². The average molecular weight is 144 g/mol. The average Bonchev–Trinajstić information content (AvgIpc) is 2.00. The molecule has 0 aliphatic heterocycles.